The maximum atomic E-state index is 14.9. The summed E-state index contributed by atoms with van der Waals surface area (Å²) in [6, 6.07) is 2.99. The van der Waals surface area contributed by atoms with Crippen LogP contribution < -0.4 is 4.90 Å². The zero-order valence-corrected chi connectivity index (χ0v) is 18.5. The molecule has 1 heterocycles. The van der Waals surface area contributed by atoms with Crippen molar-refractivity contribution in [2.24, 2.45) is 5.92 Å². The number of carbonyl (C=O) groups excluding carboxylic acids is 2. The second-order valence-corrected chi connectivity index (χ2v) is 8.17. The van der Waals surface area contributed by atoms with Crippen molar-refractivity contribution < 1.29 is 32.9 Å². The van der Waals surface area contributed by atoms with Crippen LogP contribution in [0.25, 0.3) is 0 Å². The Morgan fingerprint density at radius 2 is 1.65 bits per heavy atom. The summed E-state index contributed by atoms with van der Waals surface area (Å²) >= 11 is 0. The standard InChI is InChI=1S/C23H32FNO6/c1-28-22(27)18-8-9-20(21(24)19(18)14-26)25-12-10-17(11-13-25)31-16-6-4-15(5-7-16)23(29-2)30-3/h8-9,14-17,23H,4-7,10-13H2,1-3H3. The first-order valence-electron chi connectivity index (χ1n) is 10.8. The first-order chi connectivity index (χ1) is 15.0. The van der Waals surface area contributed by atoms with Gasteiger partial charge in [0.05, 0.1) is 36.1 Å². The van der Waals surface area contributed by atoms with Gasteiger partial charge in [0.2, 0.25) is 0 Å². The van der Waals surface area contributed by atoms with E-state index in [0.717, 1.165) is 38.5 Å². The summed E-state index contributed by atoms with van der Waals surface area (Å²) in [5, 5.41) is 0. The third kappa shape index (κ3) is 5.42. The van der Waals surface area contributed by atoms with Gasteiger partial charge in [-0.05, 0) is 50.7 Å². The van der Waals surface area contributed by atoms with E-state index in [4.69, 9.17) is 14.2 Å². The first-order valence-corrected chi connectivity index (χ1v) is 10.8. The Balaban J connectivity index is 1.53. The minimum Gasteiger partial charge on any atom is -0.465 e. The molecular weight excluding hydrogens is 405 g/mol. The number of anilines is 1. The van der Waals surface area contributed by atoms with Crippen LogP contribution in [0.1, 0.15) is 59.2 Å². The van der Waals surface area contributed by atoms with Crippen molar-refractivity contribution in [3.63, 3.8) is 0 Å². The monoisotopic (exact) mass is 437 g/mol. The third-order valence-corrected chi connectivity index (χ3v) is 6.42. The Bertz CT molecular complexity index is 753. The number of benzene rings is 1. The van der Waals surface area contributed by atoms with Crippen LogP contribution in [0.4, 0.5) is 10.1 Å². The lowest BCUT2D eigenvalue weighted by Gasteiger charge is -2.38. The highest BCUT2D eigenvalue weighted by Crippen LogP contribution is 2.33. The molecule has 0 N–H and O–H groups in total. The highest BCUT2D eigenvalue weighted by Gasteiger charge is 2.31. The van der Waals surface area contributed by atoms with Gasteiger partial charge in [-0.1, -0.05) is 0 Å². The largest absolute Gasteiger partial charge is 0.465 e. The fraction of sp³-hybridized carbons (Fsp3) is 0.652. The normalized spacial score (nSPS) is 22.5. The minimum atomic E-state index is -0.725. The molecular formula is C23H32FNO6. The van der Waals surface area contributed by atoms with Crippen molar-refractivity contribution in [2.45, 2.75) is 57.0 Å². The summed E-state index contributed by atoms with van der Waals surface area (Å²) in [4.78, 5) is 25.0. The number of methoxy groups -OCH3 is 3. The van der Waals surface area contributed by atoms with E-state index < -0.39 is 11.8 Å². The van der Waals surface area contributed by atoms with Gasteiger partial charge >= 0.3 is 5.97 Å². The predicted molar refractivity (Wildman–Crippen MR) is 113 cm³/mol. The summed E-state index contributed by atoms with van der Waals surface area (Å²) in [5.74, 6) is -1.00. The molecule has 0 spiro atoms. The van der Waals surface area contributed by atoms with E-state index in [1.54, 1.807) is 20.3 Å². The van der Waals surface area contributed by atoms with Gasteiger partial charge in [-0.3, -0.25) is 4.79 Å². The molecule has 0 amide bonds. The van der Waals surface area contributed by atoms with Gasteiger partial charge in [0.1, 0.15) is 0 Å². The van der Waals surface area contributed by atoms with Crippen molar-refractivity contribution in [1.82, 2.24) is 0 Å². The predicted octanol–water partition coefficient (Wildman–Crippen LogP) is 3.59. The van der Waals surface area contributed by atoms with E-state index in [0.29, 0.717) is 31.0 Å². The number of carbonyl (C=O) groups is 2. The molecule has 0 unspecified atom stereocenters. The zero-order valence-electron chi connectivity index (χ0n) is 18.5. The number of ether oxygens (including phenoxy) is 4. The highest BCUT2D eigenvalue weighted by molar-refractivity contribution is 5.99. The molecule has 2 fully saturated rings. The average Bonchev–Trinajstić information content (AvgIpc) is 2.81. The Labute approximate surface area is 182 Å². The summed E-state index contributed by atoms with van der Waals surface area (Å²) in [6.45, 7) is 1.25. The summed E-state index contributed by atoms with van der Waals surface area (Å²) in [6.07, 6.45) is 6.17. The van der Waals surface area contributed by atoms with Crippen molar-refractivity contribution >= 4 is 17.9 Å². The molecule has 1 saturated carbocycles. The van der Waals surface area contributed by atoms with Crippen molar-refractivity contribution in [3.8, 4) is 0 Å². The second kappa shape index (κ2) is 11.0. The number of halogens is 1. The molecule has 8 heteroatoms. The number of nitrogens with zero attached hydrogens (tertiary/aromatic N) is 1. The first kappa shape index (κ1) is 23.6. The number of esters is 1. The van der Waals surface area contributed by atoms with Crippen LogP contribution in [0.2, 0.25) is 0 Å². The molecule has 0 atom stereocenters. The van der Waals surface area contributed by atoms with Gasteiger partial charge in [-0.2, -0.15) is 0 Å². The lowest BCUT2D eigenvalue weighted by Crippen LogP contribution is -2.40. The van der Waals surface area contributed by atoms with Gasteiger partial charge in [-0.15, -0.1) is 0 Å². The number of hydrogen-bond donors (Lipinski definition) is 0. The van der Waals surface area contributed by atoms with Gasteiger partial charge in [-0.25, -0.2) is 9.18 Å². The van der Waals surface area contributed by atoms with Crippen LogP contribution >= 0.6 is 0 Å². The molecule has 1 aliphatic heterocycles. The summed E-state index contributed by atoms with van der Waals surface area (Å²) in [5.41, 5.74) is 0.0144. The fourth-order valence-corrected chi connectivity index (χ4v) is 4.71. The molecule has 1 saturated heterocycles. The number of rotatable bonds is 8. The quantitative estimate of drug-likeness (QED) is 0.350. The summed E-state index contributed by atoms with van der Waals surface area (Å²) < 4.78 is 36.6. The van der Waals surface area contributed by atoms with Crippen LogP contribution in [0.5, 0.6) is 0 Å². The van der Waals surface area contributed by atoms with E-state index in [9.17, 15) is 14.0 Å². The molecule has 7 nitrogen and oxygen atoms in total. The lowest BCUT2D eigenvalue weighted by molar-refractivity contribution is -0.153. The Kier molecular flexibility index (Phi) is 8.40. The highest BCUT2D eigenvalue weighted by atomic mass is 19.1. The minimum absolute atomic E-state index is 0.0586. The third-order valence-electron chi connectivity index (χ3n) is 6.42. The molecule has 31 heavy (non-hydrogen) atoms. The SMILES string of the molecule is COC(=O)c1ccc(N2CCC(OC3CCC(C(OC)OC)CC3)CC2)c(F)c1C=O. The van der Waals surface area contributed by atoms with Crippen molar-refractivity contribution in [2.75, 3.05) is 39.3 Å². The van der Waals surface area contributed by atoms with Gasteiger partial charge in [0.25, 0.3) is 0 Å². The second-order valence-electron chi connectivity index (χ2n) is 8.17. The molecule has 1 aromatic carbocycles. The molecule has 0 aromatic heterocycles. The van der Waals surface area contributed by atoms with Crippen LogP contribution in [0, 0.1) is 11.7 Å². The summed E-state index contributed by atoms with van der Waals surface area (Å²) in [7, 11) is 4.55. The fourth-order valence-electron chi connectivity index (χ4n) is 4.71. The van der Waals surface area contributed by atoms with E-state index in [1.165, 1.54) is 13.2 Å². The Hall–Kier alpha value is -2.03. The zero-order chi connectivity index (χ0) is 22.4. The molecule has 172 valence electrons. The number of aldehydes is 1. The van der Waals surface area contributed by atoms with Crippen LogP contribution in [-0.2, 0) is 18.9 Å². The van der Waals surface area contributed by atoms with Crippen molar-refractivity contribution in [3.05, 3.63) is 29.1 Å². The van der Waals surface area contributed by atoms with Crippen LogP contribution in [-0.4, -0.2) is 65.2 Å². The maximum Gasteiger partial charge on any atom is 0.338 e. The smallest absolute Gasteiger partial charge is 0.338 e. The molecule has 1 aromatic rings. The molecule has 0 radical (unpaired) electrons. The molecule has 0 bridgehead atoms. The average molecular weight is 438 g/mol. The van der Waals surface area contributed by atoms with Gasteiger partial charge < -0.3 is 23.8 Å². The lowest BCUT2D eigenvalue weighted by atomic mass is 9.86. The maximum absolute atomic E-state index is 14.9. The van der Waals surface area contributed by atoms with E-state index in [1.807, 2.05) is 4.90 Å². The topological polar surface area (TPSA) is 74.3 Å². The van der Waals surface area contributed by atoms with Crippen molar-refractivity contribution in [1.29, 1.82) is 0 Å². The molecule has 1 aliphatic carbocycles. The van der Waals surface area contributed by atoms with E-state index in [2.05, 4.69) is 4.74 Å². The van der Waals surface area contributed by atoms with E-state index >= 15 is 0 Å². The Morgan fingerprint density at radius 3 is 2.19 bits per heavy atom. The number of hydrogen-bond acceptors (Lipinski definition) is 7. The van der Waals surface area contributed by atoms with E-state index in [-0.39, 0.29) is 29.6 Å². The molecule has 3 rings (SSSR count). The van der Waals surface area contributed by atoms with Gasteiger partial charge in [0, 0.05) is 33.2 Å². The molecule has 2 aliphatic rings. The number of piperidine rings is 1. The van der Waals surface area contributed by atoms with Gasteiger partial charge in [0.15, 0.2) is 18.4 Å². The van der Waals surface area contributed by atoms with Crippen LogP contribution in [0.3, 0.4) is 0 Å². The Morgan fingerprint density at radius 1 is 1.03 bits per heavy atom. The van der Waals surface area contributed by atoms with Crippen LogP contribution in [0.15, 0.2) is 12.1 Å².